The molecule has 0 aromatic heterocycles. The van der Waals surface area contributed by atoms with Crippen molar-refractivity contribution in [3.63, 3.8) is 0 Å². The second-order valence-electron chi connectivity index (χ2n) is 5.48. The SMILES string of the molecule is CN=C(NCCCOC)NCC(C)N(C)Cc1ccccc1. The highest BCUT2D eigenvalue weighted by atomic mass is 16.5. The zero-order valence-electron chi connectivity index (χ0n) is 14.3. The van der Waals surface area contributed by atoms with Gasteiger partial charge < -0.3 is 15.4 Å². The Morgan fingerprint density at radius 1 is 1.27 bits per heavy atom. The smallest absolute Gasteiger partial charge is 0.191 e. The first-order valence-corrected chi connectivity index (χ1v) is 7.85. The number of methoxy groups -OCH3 is 1. The molecule has 22 heavy (non-hydrogen) atoms. The normalized spacial score (nSPS) is 13.2. The number of nitrogens with zero attached hydrogens (tertiary/aromatic N) is 2. The molecule has 0 fully saturated rings. The van der Waals surface area contributed by atoms with Crippen LogP contribution in [0.4, 0.5) is 0 Å². The third-order valence-corrected chi connectivity index (χ3v) is 3.63. The molecular formula is C17H30N4O. The first-order valence-electron chi connectivity index (χ1n) is 7.85. The first-order chi connectivity index (χ1) is 10.7. The summed E-state index contributed by atoms with van der Waals surface area (Å²) in [6.45, 7) is 5.65. The lowest BCUT2D eigenvalue weighted by atomic mass is 10.2. The van der Waals surface area contributed by atoms with Gasteiger partial charge in [-0.05, 0) is 26.0 Å². The van der Waals surface area contributed by atoms with Crippen LogP contribution in [0.15, 0.2) is 35.3 Å². The summed E-state index contributed by atoms with van der Waals surface area (Å²) >= 11 is 0. The number of ether oxygens (including phenoxy) is 1. The van der Waals surface area contributed by atoms with Crippen LogP contribution in [0.1, 0.15) is 18.9 Å². The van der Waals surface area contributed by atoms with Gasteiger partial charge in [-0.15, -0.1) is 0 Å². The van der Waals surface area contributed by atoms with Crippen LogP contribution in [0.25, 0.3) is 0 Å². The predicted octanol–water partition coefficient (Wildman–Crippen LogP) is 1.71. The molecule has 0 radical (unpaired) electrons. The van der Waals surface area contributed by atoms with Gasteiger partial charge in [0.25, 0.3) is 0 Å². The quantitative estimate of drug-likeness (QED) is 0.414. The monoisotopic (exact) mass is 306 g/mol. The molecule has 5 heteroatoms. The number of hydrogen-bond acceptors (Lipinski definition) is 3. The summed E-state index contributed by atoms with van der Waals surface area (Å²) in [7, 11) is 5.66. The Labute approximate surface area is 134 Å². The summed E-state index contributed by atoms with van der Waals surface area (Å²) in [5.74, 6) is 0.844. The predicted molar refractivity (Wildman–Crippen MR) is 93.2 cm³/mol. The van der Waals surface area contributed by atoms with E-state index in [0.29, 0.717) is 6.04 Å². The molecule has 0 aliphatic rings. The van der Waals surface area contributed by atoms with Crippen LogP contribution in [0, 0.1) is 0 Å². The van der Waals surface area contributed by atoms with E-state index in [9.17, 15) is 0 Å². The van der Waals surface area contributed by atoms with E-state index in [1.807, 2.05) is 6.07 Å². The van der Waals surface area contributed by atoms with E-state index in [2.05, 4.69) is 58.8 Å². The summed E-state index contributed by atoms with van der Waals surface area (Å²) in [5, 5.41) is 6.66. The fourth-order valence-corrected chi connectivity index (χ4v) is 2.07. The minimum absolute atomic E-state index is 0.415. The molecular weight excluding hydrogens is 276 g/mol. The zero-order valence-corrected chi connectivity index (χ0v) is 14.3. The molecule has 0 spiro atoms. The summed E-state index contributed by atoms with van der Waals surface area (Å²) in [5.41, 5.74) is 1.33. The number of hydrogen-bond donors (Lipinski definition) is 2. The largest absolute Gasteiger partial charge is 0.385 e. The van der Waals surface area contributed by atoms with Crippen molar-refractivity contribution in [1.82, 2.24) is 15.5 Å². The topological polar surface area (TPSA) is 48.9 Å². The molecule has 0 heterocycles. The van der Waals surface area contributed by atoms with Gasteiger partial charge in [0.1, 0.15) is 0 Å². The van der Waals surface area contributed by atoms with E-state index >= 15 is 0 Å². The summed E-state index contributed by atoms with van der Waals surface area (Å²) < 4.78 is 5.04. The van der Waals surface area contributed by atoms with E-state index in [1.54, 1.807) is 14.2 Å². The standard InChI is InChI=1S/C17H30N4O/c1-15(21(3)14-16-9-6-5-7-10-16)13-20-17(18-2)19-11-8-12-22-4/h5-7,9-10,15H,8,11-14H2,1-4H3,(H2,18,19,20). The minimum Gasteiger partial charge on any atom is -0.385 e. The Morgan fingerprint density at radius 2 is 2.00 bits per heavy atom. The van der Waals surface area contributed by atoms with Crippen molar-refractivity contribution in [1.29, 1.82) is 0 Å². The zero-order chi connectivity index (χ0) is 16.2. The molecule has 1 aromatic carbocycles. The van der Waals surface area contributed by atoms with E-state index in [1.165, 1.54) is 5.56 Å². The first kappa shape index (κ1) is 18.5. The average molecular weight is 306 g/mol. The van der Waals surface area contributed by atoms with E-state index in [0.717, 1.165) is 38.6 Å². The number of rotatable bonds is 9. The van der Waals surface area contributed by atoms with Gasteiger partial charge in [-0.3, -0.25) is 9.89 Å². The molecule has 0 amide bonds. The van der Waals surface area contributed by atoms with E-state index < -0.39 is 0 Å². The lowest BCUT2D eigenvalue weighted by Gasteiger charge is -2.25. The number of nitrogens with one attached hydrogen (secondary N) is 2. The maximum Gasteiger partial charge on any atom is 0.191 e. The number of aliphatic imine (C=N–C) groups is 1. The minimum atomic E-state index is 0.415. The number of guanidine groups is 1. The van der Waals surface area contributed by atoms with Gasteiger partial charge in [0, 0.05) is 46.4 Å². The number of likely N-dealkylation sites (N-methyl/N-ethyl adjacent to an activating group) is 1. The molecule has 0 aliphatic heterocycles. The Balaban J connectivity index is 2.29. The average Bonchev–Trinajstić information content (AvgIpc) is 2.54. The van der Waals surface area contributed by atoms with Gasteiger partial charge in [0.05, 0.1) is 0 Å². The Morgan fingerprint density at radius 3 is 2.64 bits per heavy atom. The van der Waals surface area contributed by atoms with Crippen LogP contribution in [0.5, 0.6) is 0 Å². The third kappa shape index (κ3) is 7.43. The summed E-state index contributed by atoms with van der Waals surface area (Å²) in [4.78, 5) is 6.57. The van der Waals surface area contributed by atoms with Crippen LogP contribution in [-0.4, -0.2) is 57.8 Å². The van der Waals surface area contributed by atoms with Gasteiger partial charge in [-0.2, -0.15) is 0 Å². The Kier molecular flexibility index (Phi) is 9.26. The molecule has 0 saturated heterocycles. The van der Waals surface area contributed by atoms with Crippen molar-refractivity contribution in [3.8, 4) is 0 Å². The van der Waals surface area contributed by atoms with Crippen molar-refractivity contribution in [2.45, 2.75) is 25.9 Å². The second kappa shape index (κ2) is 11.0. The lowest BCUT2D eigenvalue weighted by molar-refractivity contribution is 0.195. The molecule has 5 nitrogen and oxygen atoms in total. The molecule has 1 rings (SSSR count). The van der Waals surface area contributed by atoms with Crippen LogP contribution < -0.4 is 10.6 Å². The van der Waals surface area contributed by atoms with Crippen LogP contribution in [0.2, 0.25) is 0 Å². The summed E-state index contributed by atoms with van der Waals surface area (Å²) in [6, 6.07) is 10.9. The fourth-order valence-electron chi connectivity index (χ4n) is 2.07. The van der Waals surface area contributed by atoms with Crippen molar-refractivity contribution in [2.75, 3.05) is 40.9 Å². The molecule has 0 aliphatic carbocycles. The molecule has 0 bridgehead atoms. The lowest BCUT2D eigenvalue weighted by Crippen LogP contribution is -2.45. The van der Waals surface area contributed by atoms with Gasteiger partial charge in [0.2, 0.25) is 0 Å². The van der Waals surface area contributed by atoms with Crippen LogP contribution in [0.3, 0.4) is 0 Å². The Bertz CT molecular complexity index is 422. The highest BCUT2D eigenvalue weighted by Gasteiger charge is 2.10. The molecule has 1 unspecified atom stereocenters. The number of benzene rings is 1. The molecule has 124 valence electrons. The van der Waals surface area contributed by atoms with E-state index in [-0.39, 0.29) is 0 Å². The van der Waals surface area contributed by atoms with Crippen molar-refractivity contribution in [3.05, 3.63) is 35.9 Å². The molecule has 1 atom stereocenters. The van der Waals surface area contributed by atoms with Crippen LogP contribution in [-0.2, 0) is 11.3 Å². The van der Waals surface area contributed by atoms with Crippen LogP contribution >= 0.6 is 0 Å². The van der Waals surface area contributed by atoms with Crippen molar-refractivity contribution < 1.29 is 4.74 Å². The molecule has 1 aromatic rings. The maximum absolute atomic E-state index is 5.04. The maximum atomic E-state index is 5.04. The van der Waals surface area contributed by atoms with Gasteiger partial charge in [-0.25, -0.2) is 0 Å². The molecule has 2 N–H and O–H groups in total. The van der Waals surface area contributed by atoms with Gasteiger partial charge in [0.15, 0.2) is 5.96 Å². The highest BCUT2D eigenvalue weighted by Crippen LogP contribution is 2.05. The molecule has 0 saturated carbocycles. The van der Waals surface area contributed by atoms with E-state index in [4.69, 9.17) is 4.74 Å². The fraction of sp³-hybridized carbons (Fsp3) is 0.588. The third-order valence-electron chi connectivity index (χ3n) is 3.63. The van der Waals surface area contributed by atoms with Gasteiger partial charge >= 0.3 is 0 Å². The highest BCUT2D eigenvalue weighted by molar-refractivity contribution is 5.79. The second-order valence-corrected chi connectivity index (χ2v) is 5.48. The van der Waals surface area contributed by atoms with Crippen molar-refractivity contribution in [2.24, 2.45) is 4.99 Å². The van der Waals surface area contributed by atoms with Gasteiger partial charge in [-0.1, -0.05) is 30.3 Å². The van der Waals surface area contributed by atoms with Crippen molar-refractivity contribution >= 4 is 5.96 Å². The Hall–Kier alpha value is -1.59. The summed E-state index contributed by atoms with van der Waals surface area (Å²) in [6.07, 6.45) is 0.973.